The second-order valence-electron chi connectivity index (χ2n) is 7.40. The van der Waals surface area contributed by atoms with Gasteiger partial charge < -0.3 is 9.64 Å². The lowest BCUT2D eigenvalue weighted by Gasteiger charge is -2.31. The monoisotopic (exact) mass is 344 g/mol. The highest BCUT2D eigenvalue weighted by Gasteiger charge is 2.26. The molecule has 136 valence electrons. The Morgan fingerprint density at radius 2 is 1.92 bits per heavy atom. The smallest absolute Gasteiger partial charge is 0.254 e. The fourth-order valence-electron chi connectivity index (χ4n) is 3.35. The highest BCUT2D eigenvalue weighted by Crippen LogP contribution is 2.26. The predicted molar refractivity (Wildman–Crippen MR) is 97.9 cm³/mol. The normalized spacial score (nSPS) is 16.4. The van der Waals surface area contributed by atoms with Gasteiger partial charge in [0.1, 0.15) is 0 Å². The van der Waals surface area contributed by atoms with Gasteiger partial charge in [0.2, 0.25) is 0 Å². The zero-order chi connectivity index (χ0) is 18.1. The van der Waals surface area contributed by atoms with Crippen molar-refractivity contribution in [2.24, 2.45) is 0 Å². The van der Waals surface area contributed by atoms with Crippen molar-refractivity contribution >= 4 is 16.9 Å². The molecule has 1 saturated heterocycles. The van der Waals surface area contributed by atoms with Gasteiger partial charge in [0.15, 0.2) is 5.65 Å². The van der Waals surface area contributed by atoms with Crippen molar-refractivity contribution < 1.29 is 9.53 Å². The molecule has 2 aromatic rings. The Kier molecular flexibility index (Phi) is 5.08. The Balaban J connectivity index is 2.01. The van der Waals surface area contributed by atoms with E-state index in [-0.39, 0.29) is 24.0 Å². The summed E-state index contributed by atoms with van der Waals surface area (Å²) >= 11 is 0. The van der Waals surface area contributed by atoms with Gasteiger partial charge in [-0.05, 0) is 38.7 Å². The molecule has 1 aliphatic rings. The van der Waals surface area contributed by atoms with E-state index in [9.17, 15) is 4.79 Å². The van der Waals surface area contributed by atoms with Crippen molar-refractivity contribution in [1.82, 2.24) is 19.7 Å². The first-order chi connectivity index (χ1) is 11.9. The molecule has 1 aliphatic heterocycles. The molecule has 6 heteroatoms. The fraction of sp³-hybridized carbons (Fsp3) is 0.632. The third-order valence-electron chi connectivity index (χ3n) is 4.96. The standard InChI is InChI=1S/C19H28N4O2/c1-12(2)17-10-15(16-11-20-23(13(3)4)18(16)21-17)19(24)22-8-6-14(25-5)7-9-22/h10-14H,6-9H2,1-5H3. The number of rotatable bonds is 4. The summed E-state index contributed by atoms with van der Waals surface area (Å²) in [6.45, 7) is 9.82. The number of nitrogens with zero attached hydrogens (tertiary/aromatic N) is 4. The van der Waals surface area contributed by atoms with E-state index in [0.29, 0.717) is 0 Å². The van der Waals surface area contributed by atoms with E-state index in [0.717, 1.165) is 48.2 Å². The van der Waals surface area contributed by atoms with Gasteiger partial charge in [-0.15, -0.1) is 0 Å². The molecule has 0 unspecified atom stereocenters. The number of hydrogen-bond donors (Lipinski definition) is 0. The number of pyridine rings is 1. The summed E-state index contributed by atoms with van der Waals surface area (Å²) < 4.78 is 7.31. The van der Waals surface area contributed by atoms with Crippen LogP contribution in [0.3, 0.4) is 0 Å². The molecule has 0 aliphatic carbocycles. The Bertz CT molecular complexity index is 758. The van der Waals surface area contributed by atoms with E-state index < -0.39 is 0 Å². The highest BCUT2D eigenvalue weighted by atomic mass is 16.5. The van der Waals surface area contributed by atoms with Crippen LogP contribution in [0.15, 0.2) is 12.3 Å². The van der Waals surface area contributed by atoms with Gasteiger partial charge in [0.25, 0.3) is 5.91 Å². The van der Waals surface area contributed by atoms with E-state index in [1.807, 2.05) is 15.6 Å². The van der Waals surface area contributed by atoms with Gasteiger partial charge in [-0.2, -0.15) is 5.10 Å². The van der Waals surface area contributed by atoms with Crippen molar-refractivity contribution in [3.63, 3.8) is 0 Å². The Labute approximate surface area is 149 Å². The number of ether oxygens (including phenoxy) is 1. The zero-order valence-corrected chi connectivity index (χ0v) is 15.8. The first kappa shape index (κ1) is 17.9. The van der Waals surface area contributed by atoms with Crippen molar-refractivity contribution in [1.29, 1.82) is 0 Å². The lowest BCUT2D eigenvalue weighted by atomic mass is 10.0. The van der Waals surface area contributed by atoms with Crippen molar-refractivity contribution in [2.75, 3.05) is 20.2 Å². The van der Waals surface area contributed by atoms with Crippen LogP contribution in [0.25, 0.3) is 11.0 Å². The van der Waals surface area contributed by atoms with Crippen LogP contribution in [0.1, 0.15) is 68.5 Å². The quantitative estimate of drug-likeness (QED) is 0.853. The largest absolute Gasteiger partial charge is 0.381 e. The van der Waals surface area contributed by atoms with E-state index in [1.165, 1.54) is 0 Å². The van der Waals surface area contributed by atoms with Crippen LogP contribution in [0, 0.1) is 0 Å². The molecule has 3 heterocycles. The van der Waals surface area contributed by atoms with Crippen LogP contribution < -0.4 is 0 Å². The molecule has 6 nitrogen and oxygen atoms in total. The number of methoxy groups -OCH3 is 1. The summed E-state index contributed by atoms with van der Waals surface area (Å²) in [6, 6.07) is 2.15. The summed E-state index contributed by atoms with van der Waals surface area (Å²) in [7, 11) is 1.74. The number of aromatic nitrogens is 3. The zero-order valence-electron chi connectivity index (χ0n) is 15.8. The minimum atomic E-state index is 0.0761. The first-order valence-electron chi connectivity index (χ1n) is 9.12. The SMILES string of the molecule is COC1CCN(C(=O)c2cc(C(C)C)nc3c2cnn3C(C)C)CC1. The number of amides is 1. The number of hydrogen-bond acceptors (Lipinski definition) is 4. The molecule has 1 amide bonds. The molecule has 0 radical (unpaired) electrons. The molecule has 0 spiro atoms. The van der Waals surface area contributed by atoms with Crippen LogP contribution in [0.5, 0.6) is 0 Å². The predicted octanol–water partition coefficient (Wildman–Crippen LogP) is 3.39. The van der Waals surface area contributed by atoms with Crippen molar-refractivity contribution in [3.05, 3.63) is 23.5 Å². The van der Waals surface area contributed by atoms with Crippen LogP contribution in [0.2, 0.25) is 0 Å². The molecular formula is C19H28N4O2. The number of carbonyl (C=O) groups is 1. The first-order valence-corrected chi connectivity index (χ1v) is 9.12. The summed E-state index contributed by atoms with van der Waals surface area (Å²) in [4.78, 5) is 19.9. The van der Waals surface area contributed by atoms with Gasteiger partial charge in [0.05, 0.1) is 23.3 Å². The third kappa shape index (κ3) is 3.40. The van der Waals surface area contributed by atoms with Gasteiger partial charge in [-0.1, -0.05) is 13.8 Å². The molecule has 0 saturated carbocycles. The highest BCUT2D eigenvalue weighted by molar-refractivity contribution is 6.05. The number of fused-ring (bicyclic) bond motifs is 1. The molecule has 25 heavy (non-hydrogen) atoms. The lowest BCUT2D eigenvalue weighted by molar-refractivity contribution is 0.0351. The van der Waals surface area contributed by atoms with Gasteiger partial charge in [0, 0.05) is 31.9 Å². The Morgan fingerprint density at radius 3 is 2.48 bits per heavy atom. The molecular weight excluding hydrogens is 316 g/mol. The Morgan fingerprint density at radius 1 is 1.24 bits per heavy atom. The average Bonchev–Trinajstić information content (AvgIpc) is 3.04. The van der Waals surface area contributed by atoms with Crippen LogP contribution >= 0.6 is 0 Å². The minimum absolute atomic E-state index is 0.0761. The molecule has 2 aromatic heterocycles. The average molecular weight is 344 g/mol. The van der Waals surface area contributed by atoms with Gasteiger partial charge >= 0.3 is 0 Å². The minimum Gasteiger partial charge on any atom is -0.381 e. The fourth-order valence-corrected chi connectivity index (χ4v) is 3.35. The topological polar surface area (TPSA) is 60.2 Å². The maximum Gasteiger partial charge on any atom is 0.254 e. The Hall–Kier alpha value is -1.95. The second kappa shape index (κ2) is 7.12. The molecule has 0 bridgehead atoms. The van der Waals surface area contributed by atoms with E-state index >= 15 is 0 Å². The number of likely N-dealkylation sites (tertiary alicyclic amines) is 1. The van der Waals surface area contributed by atoms with Crippen LogP contribution in [-0.2, 0) is 4.74 Å². The number of carbonyl (C=O) groups excluding carboxylic acids is 1. The van der Waals surface area contributed by atoms with Crippen molar-refractivity contribution in [2.45, 2.75) is 58.6 Å². The maximum atomic E-state index is 13.2. The molecule has 0 aromatic carbocycles. The van der Waals surface area contributed by atoms with Crippen molar-refractivity contribution in [3.8, 4) is 0 Å². The third-order valence-corrected chi connectivity index (χ3v) is 4.96. The van der Waals surface area contributed by atoms with Gasteiger partial charge in [-0.25, -0.2) is 9.67 Å². The van der Waals surface area contributed by atoms with Crippen LogP contribution in [-0.4, -0.2) is 51.9 Å². The van der Waals surface area contributed by atoms with E-state index in [1.54, 1.807) is 13.3 Å². The molecule has 0 N–H and O–H groups in total. The van der Waals surface area contributed by atoms with Gasteiger partial charge in [-0.3, -0.25) is 4.79 Å². The van der Waals surface area contributed by atoms with Crippen LogP contribution in [0.4, 0.5) is 0 Å². The summed E-state index contributed by atoms with van der Waals surface area (Å²) in [5, 5.41) is 5.32. The second-order valence-corrected chi connectivity index (χ2v) is 7.40. The summed E-state index contributed by atoms with van der Waals surface area (Å²) in [5.74, 6) is 0.331. The molecule has 0 atom stereocenters. The van der Waals surface area contributed by atoms with E-state index in [4.69, 9.17) is 9.72 Å². The summed E-state index contributed by atoms with van der Waals surface area (Å²) in [6.07, 6.45) is 3.82. The maximum absolute atomic E-state index is 13.2. The number of piperidine rings is 1. The lowest BCUT2D eigenvalue weighted by Crippen LogP contribution is -2.40. The van der Waals surface area contributed by atoms with E-state index in [2.05, 4.69) is 32.8 Å². The summed E-state index contributed by atoms with van der Waals surface area (Å²) in [5.41, 5.74) is 2.46. The molecule has 3 rings (SSSR count). The molecule has 1 fully saturated rings.